The summed E-state index contributed by atoms with van der Waals surface area (Å²) >= 11 is 0. The number of ether oxygens (including phenoxy) is 4. The fraction of sp³-hybridized carbons (Fsp3) is 0.655. The van der Waals surface area contributed by atoms with Gasteiger partial charge < -0.3 is 33.8 Å². The van der Waals surface area contributed by atoms with E-state index < -0.39 is 97.5 Å². The minimum atomic E-state index is -5.00. The zero-order valence-corrected chi connectivity index (χ0v) is 67.8. The molecular weight excluding hydrogens is 1380 g/mol. The van der Waals surface area contributed by atoms with E-state index in [1.54, 1.807) is 0 Å². The molecule has 0 heterocycles. The maximum absolute atomic E-state index is 13.1. The zero-order valence-electron chi connectivity index (χ0n) is 66.1. The van der Waals surface area contributed by atoms with Crippen molar-refractivity contribution >= 4 is 39.5 Å². The van der Waals surface area contributed by atoms with Gasteiger partial charge in [0.1, 0.15) is 19.3 Å². The summed E-state index contributed by atoms with van der Waals surface area (Å²) < 4.78 is 68.6. The topological polar surface area (TPSA) is 237 Å². The van der Waals surface area contributed by atoms with Gasteiger partial charge in [0.25, 0.3) is 0 Å². The number of allylic oxidation sites excluding steroid dienone is 26. The molecule has 3 N–H and O–H groups in total. The van der Waals surface area contributed by atoms with E-state index in [9.17, 15) is 43.2 Å². The number of aliphatic hydroxyl groups is 1. The molecule has 0 fully saturated rings. The van der Waals surface area contributed by atoms with Crippen LogP contribution in [0, 0.1) is 0 Å². The highest BCUT2D eigenvalue weighted by molar-refractivity contribution is 7.47. The summed E-state index contributed by atoms with van der Waals surface area (Å²) in [5.41, 5.74) is 0. The molecular formula is C87H144O17P2. The minimum Gasteiger partial charge on any atom is -0.462 e. The summed E-state index contributed by atoms with van der Waals surface area (Å²) in [7, 11) is -10.00. The highest BCUT2D eigenvalue weighted by Crippen LogP contribution is 2.45. The fourth-order valence-electron chi connectivity index (χ4n) is 10.3. The number of carbonyl (C=O) groups is 4. The van der Waals surface area contributed by atoms with Crippen LogP contribution in [0.5, 0.6) is 0 Å². The third-order valence-corrected chi connectivity index (χ3v) is 18.4. The molecule has 0 aromatic rings. The van der Waals surface area contributed by atoms with E-state index in [4.69, 9.17) is 37.0 Å². The van der Waals surface area contributed by atoms with Gasteiger partial charge in [-0.25, -0.2) is 9.13 Å². The van der Waals surface area contributed by atoms with Crippen LogP contribution in [0.25, 0.3) is 0 Å². The van der Waals surface area contributed by atoms with E-state index >= 15 is 0 Å². The van der Waals surface area contributed by atoms with Crippen molar-refractivity contribution in [3.63, 3.8) is 0 Å². The van der Waals surface area contributed by atoms with Crippen LogP contribution >= 0.6 is 15.6 Å². The zero-order chi connectivity index (χ0) is 77.4. The molecule has 0 aromatic carbocycles. The smallest absolute Gasteiger partial charge is 0.462 e. The Bertz CT molecular complexity index is 2630. The van der Waals surface area contributed by atoms with E-state index in [1.807, 2.05) is 0 Å². The normalized spacial score (nSPS) is 14.7. The van der Waals surface area contributed by atoms with Gasteiger partial charge in [0.15, 0.2) is 12.2 Å². The SMILES string of the molecule is CC/C=C\C/C=C\C/C=C\C/C=C\C/C=C\CCCCCC(=O)OCC(COP(=O)(O)OCC(O)COP(=O)(O)OCC(COC(=O)CCCCCC/C=C\C/C=C\C/C=C\C/C=C\CC)OC(=O)CCCCCCC/C=C\C/C=C\CCCCC)OC(=O)CCCCCCC/C=C\C/C=C\CCCCC. The Kier molecular flexibility index (Phi) is 73.9. The summed E-state index contributed by atoms with van der Waals surface area (Å²) in [5.74, 6) is -2.27. The molecule has 604 valence electrons. The number of hydrogen-bond acceptors (Lipinski definition) is 15. The van der Waals surface area contributed by atoms with Gasteiger partial charge in [-0.1, -0.05) is 269 Å². The van der Waals surface area contributed by atoms with E-state index in [0.717, 1.165) is 193 Å². The number of phosphoric ester groups is 2. The first-order valence-corrected chi connectivity index (χ1v) is 43.7. The van der Waals surface area contributed by atoms with Gasteiger partial charge in [-0.3, -0.25) is 37.3 Å². The third-order valence-electron chi connectivity index (χ3n) is 16.5. The van der Waals surface area contributed by atoms with Crippen LogP contribution in [0.3, 0.4) is 0 Å². The van der Waals surface area contributed by atoms with E-state index in [0.29, 0.717) is 25.7 Å². The van der Waals surface area contributed by atoms with Crippen molar-refractivity contribution in [2.24, 2.45) is 0 Å². The Morgan fingerprint density at radius 1 is 0.274 bits per heavy atom. The summed E-state index contributed by atoms with van der Waals surface area (Å²) in [6.07, 6.45) is 90.7. The molecule has 0 saturated carbocycles. The van der Waals surface area contributed by atoms with Crippen molar-refractivity contribution in [3.8, 4) is 0 Å². The molecule has 0 aromatic heterocycles. The molecule has 0 aliphatic rings. The van der Waals surface area contributed by atoms with E-state index in [1.165, 1.54) is 38.5 Å². The molecule has 19 heteroatoms. The van der Waals surface area contributed by atoms with Gasteiger partial charge in [0.2, 0.25) is 0 Å². The van der Waals surface area contributed by atoms with Crippen LogP contribution in [0.1, 0.15) is 310 Å². The Balaban J connectivity index is 5.45. The lowest BCUT2D eigenvalue weighted by molar-refractivity contribution is -0.161. The Morgan fingerprint density at radius 3 is 0.764 bits per heavy atom. The van der Waals surface area contributed by atoms with Crippen molar-refractivity contribution in [2.45, 2.75) is 329 Å². The first-order valence-electron chi connectivity index (χ1n) is 40.7. The molecule has 0 saturated heterocycles. The van der Waals surface area contributed by atoms with E-state index in [2.05, 4.69) is 186 Å². The monoisotopic (exact) mass is 1520 g/mol. The maximum Gasteiger partial charge on any atom is 0.472 e. The van der Waals surface area contributed by atoms with Crippen molar-refractivity contribution in [1.82, 2.24) is 0 Å². The van der Waals surface area contributed by atoms with Crippen LogP contribution in [-0.4, -0.2) is 96.7 Å². The first-order chi connectivity index (χ1) is 51.7. The highest BCUT2D eigenvalue weighted by atomic mass is 31.2. The summed E-state index contributed by atoms with van der Waals surface area (Å²) in [6.45, 7) is 4.50. The lowest BCUT2D eigenvalue weighted by Crippen LogP contribution is -2.30. The standard InChI is InChI=1S/C87H144O17P2/c1-5-9-13-17-21-25-29-33-37-39-40-42-46-48-52-56-60-64-68-72-85(90)98-78-83(104-87(92)74-70-66-62-58-54-50-44-36-32-28-24-20-16-12-8-4)80-102-106(95,96)100-76-81(88)75-99-105(93,94)101-79-82(103-86(91)73-69-65-61-57-53-49-43-35-31-27-23-19-15-11-7-3)77-97-84(89)71-67-63-59-55-51-47-45-41-38-34-30-26-22-18-14-10-6-2/h9-10,13-14,21-28,33-38,40,42-45,47-48,52,81-83,88H,5-8,11-12,15-20,29-32,39,41,46,49-51,53-80H2,1-4H3,(H,93,94)(H,95,96)/b13-9-,14-10-,25-21-,26-22-,27-23-,28-24-,37-33-,38-34-,42-40-,43-35-,44-36-,47-45-,52-48-. The third kappa shape index (κ3) is 76.9. The van der Waals surface area contributed by atoms with Gasteiger partial charge in [-0.15, -0.1) is 0 Å². The average molecular weight is 1520 g/mol. The van der Waals surface area contributed by atoms with Gasteiger partial charge >= 0.3 is 39.5 Å². The van der Waals surface area contributed by atoms with Crippen molar-refractivity contribution in [1.29, 1.82) is 0 Å². The van der Waals surface area contributed by atoms with E-state index in [-0.39, 0.29) is 25.7 Å². The largest absolute Gasteiger partial charge is 0.472 e. The number of aliphatic hydroxyl groups excluding tert-OH is 1. The second kappa shape index (κ2) is 77.8. The molecule has 0 rings (SSSR count). The van der Waals surface area contributed by atoms with Gasteiger partial charge in [0.05, 0.1) is 26.4 Å². The Labute approximate surface area is 642 Å². The molecule has 0 spiro atoms. The minimum absolute atomic E-state index is 0.0658. The maximum atomic E-state index is 13.1. The number of hydrogen-bond donors (Lipinski definition) is 3. The van der Waals surface area contributed by atoms with Crippen LogP contribution in [0.4, 0.5) is 0 Å². The highest BCUT2D eigenvalue weighted by Gasteiger charge is 2.30. The molecule has 0 bridgehead atoms. The first kappa shape index (κ1) is 101. The quantitative estimate of drug-likeness (QED) is 0.0169. The Morgan fingerprint density at radius 2 is 0.491 bits per heavy atom. The fourth-order valence-corrected chi connectivity index (χ4v) is 11.9. The van der Waals surface area contributed by atoms with Crippen molar-refractivity contribution in [3.05, 3.63) is 158 Å². The molecule has 5 unspecified atom stereocenters. The number of phosphoric acid groups is 2. The molecule has 17 nitrogen and oxygen atoms in total. The summed E-state index contributed by atoms with van der Waals surface area (Å²) in [6, 6.07) is 0. The van der Waals surface area contributed by atoms with Crippen LogP contribution in [0.15, 0.2) is 158 Å². The van der Waals surface area contributed by atoms with Crippen LogP contribution in [0.2, 0.25) is 0 Å². The van der Waals surface area contributed by atoms with Gasteiger partial charge in [-0.05, 0) is 173 Å². The van der Waals surface area contributed by atoms with Crippen molar-refractivity contribution in [2.75, 3.05) is 39.6 Å². The number of rotatable bonds is 75. The predicted octanol–water partition coefficient (Wildman–Crippen LogP) is 24.0. The average Bonchev–Trinajstić information content (AvgIpc) is 0.909. The lowest BCUT2D eigenvalue weighted by atomic mass is 10.1. The second-order valence-corrected chi connectivity index (χ2v) is 29.5. The van der Waals surface area contributed by atoms with Crippen molar-refractivity contribution < 1.29 is 80.2 Å². The van der Waals surface area contributed by atoms with Crippen LogP contribution in [-0.2, 0) is 65.4 Å². The summed E-state index contributed by atoms with van der Waals surface area (Å²) in [5, 5.41) is 10.7. The molecule has 5 atom stereocenters. The Hall–Kier alpha value is -5.32. The molecule has 0 amide bonds. The van der Waals surface area contributed by atoms with Gasteiger partial charge in [-0.2, -0.15) is 0 Å². The number of esters is 4. The van der Waals surface area contributed by atoms with Gasteiger partial charge in [0, 0.05) is 25.7 Å². The molecule has 0 aliphatic heterocycles. The molecule has 106 heavy (non-hydrogen) atoms. The number of carbonyl (C=O) groups excluding carboxylic acids is 4. The number of unbranched alkanes of at least 4 members (excludes halogenated alkanes) is 23. The summed E-state index contributed by atoms with van der Waals surface area (Å²) in [4.78, 5) is 73.1. The second-order valence-electron chi connectivity index (χ2n) is 26.6. The predicted molar refractivity (Wildman–Crippen MR) is 436 cm³/mol. The van der Waals surface area contributed by atoms with Crippen LogP contribution < -0.4 is 0 Å². The molecule has 0 radical (unpaired) electrons. The molecule has 0 aliphatic carbocycles. The lowest BCUT2D eigenvalue weighted by Gasteiger charge is -2.21.